The average molecular weight is 193 g/mol. The molecule has 74 valence electrons. The number of rotatable bonds is 5. The Labute approximate surface area is 79.2 Å². The molecule has 0 radical (unpaired) electrons. The second-order valence-corrected chi connectivity index (χ2v) is 4.11. The maximum absolute atomic E-state index is 5.63. The lowest BCUT2D eigenvalue weighted by Gasteiger charge is -2.26. The van der Waals surface area contributed by atoms with Gasteiger partial charge in [0.1, 0.15) is 0 Å². The highest BCUT2D eigenvalue weighted by atomic mass is 32.2. The summed E-state index contributed by atoms with van der Waals surface area (Å²) in [6, 6.07) is 0. The van der Waals surface area contributed by atoms with Crippen LogP contribution in [-0.4, -0.2) is 31.1 Å². The molecule has 0 amide bonds. The summed E-state index contributed by atoms with van der Waals surface area (Å²) in [6.45, 7) is 7.07. The van der Waals surface area contributed by atoms with Gasteiger partial charge in [0, 0.05) is 12.8 Å². The van der Waals surface area contributed by atoms with Crippen molar-refractivity contribution in [2.24, 2.45) is 5.73 Å². The molecule has 0 unspecified atom stereocenters. The third-order valence-corrected chi connectivity index (χ3v) is 1.53. The van der Waals surface area contributed by atoms with Crippen molar-refractivity contribution in [1.82, 2.24) is 0 Å². The zero-order valence-electron chi connectivity index (χ0n) is 8.29. The monoisotopic (exact) mass is 193 g/mol. The number of ether oxygens (including phenoxy) is 1. The molecule has 0 aliphatic carbocycles. The standard InChI is InChI=1S/C8H19NO2S/c1-8(2,3)11-7(5-9)6-10-12-4/h7H,5-6,9H2,1-4H3/t7-/m1/s1. The Morgan fingerprint density at radius 1 is 1.42 bits per heavy atom. The number of nitrogens with two attached hydrogens (primary N) is 1. The third kappa shape index (κ3) is 6.91. The highest BCUT2D eigenvalue weighted by molar-refractivity contribution is 7.93. The summed E-state index contributed by atoms with van der Waals surface area (Å²) in [5.41, 5.74) is 5.36. The lowest BCUT2D eigenvalue weighted by atomic mass is 10.2. The summed E-state index contributed by atoms with van der Waals surface area (Å²) in [6.07, 6.45) is 1.88. The van der Waals surface area contributed by atoms with Gasteiger partial charge in [-0.25, -0.2) is 0 Å². The predicted octanol–water partition coefficient (Wildman–Crippen LogP) is 1.42. The van der Waals surface area contributed by atoms with E-state index in [2.05, 4.69) is 0 Å². The summed E-state index contributed by atoms with van der Waals surface area (Å²) in [5, 5.41) is 0. The zero-order chi connectivity index (χ0) is 9.61. The quantitative estimate of drug-likeness (QED) is 0.671. The molecule has 0 aliphatic rings. The van der Waals surface area contributed by atoms with Crippen LogP contribution in [-0.2, 0) is 8.92 Å². The van der Waals surface area contributed by atoms with Crippen molar-refractivity contribution in [3.05, 3.63) is 0 Å². The van der Waals surface area contributed by atoms with Crippen molar-refractivity contribution < 1.29 is 8.92 Å². The van der Waals surface area contributed by atoms with Gasteiger partial charge in [0.05, 0.1) is 18.3 Å². The fourth-order valence-electron chi connectivity index (χ4n) is 0.794. The topological polar surface area (TPSA) is 44.5 Å². The van der Waals surface area contributed by atoms with E-state index >= 15 is 0 Å². The van der Waals surface area contributed by atoms with Crippen LogP contribution in [0.2, 0.25) is 0 Å². The van der Waals surface area contributed by atoms with Crippen molar-refractivity contribution >= 4 is 12.0 Å². The van der Waals surface area contributed by atoms with Gasteiger partial charge in [-0.15, -0.1) is 0 Å². The minimum atomic E-state index is -0.147. The van der Waals surface area contributed by atoms with Crippen molar-refractivity contribution in [3.8, 4) is 0 Å². The Kier molecular flexibility index (Phi) is 5.92. The minimum absolute atomic E-state index is 0.00236. The molecule has 0 saturated carbocycles. The molecule has 0 rings (SSSR count). The molecule has 12 heavy (non-hydrogen) atoms. The van der Waals surface area contributed by atoms with Gasteiger partial charge in [0.15, 0.2) is 0 Å². The average Bonchev–Trinajstić information content (AvgIpc) is 1.95. The third-order valence-electron chi connectivity index (χ3n) is 1.15. The van der Waals surface area contributed by atoms with E-state index < -0.39 is 0 Å². The van der Waals surface area contributed by atoms with Gasteiger partial charge in [0.25, 0.3) is 0 Å². The number of hydrogen-bond donors (Lipinski definition) is 1. The highest BCUT2D eigenvalue weighted by Gasteiger charge is 2.17. The van der Waals surface area contributed by atoms with E-state index in [0.717, 1.165) is 0 Å². The van der Waals surface area contributed by atoms with Gasteiger partial charge in [-0.05, 0) is 32.8 Å². The van der Waals surface area contributed by atoms with Crippen LogP contribution in [0, 0.1) is 0 Å². The summed E-state index contributed by atoms with van der Waals surface area (Å²) in [7, 11) is 0. The highest BCUT2D eigenvalue weighted by Crippen LogP contribution is 2.11. The number of hydrogen-bond acceptors (Lipinski definition) is 4. The predicted molar refractivity (Wildman–Crippen MR) is 53.1 cm³/mol. The van der Waals surface area contributed by atoms with E-state index in [-0.39, 0.29) is 11.7 Å². The SMILES string of the molecule is CSOC[C@@H](CN)OC(C)(C)C. The molecule has 0 aliphatic heterocycles. The van der Waals surface area contributed by atoms with Crippen molar-refractivity contribution in [2.75, 3.05) is 19.4 Å². The summed E-state index contributed by atoms with van der Waals surface area (Å²) in [4.78, 5) is 0. The molecule has 0 aromatic carbocycles. The van der Waals surface area contributed by atoms with Crippen molar-refractivity contribution in [1.29, 1.82) is 0 Å². The smallest absolute Gasteiger partial charge is 0.0950 e. The zero-order valence-corrected chi connectivity index (χ0v) is 9.11. The fraction of sp³-hybridized carbons (Fsp3) is 1.00. The summed E-state index contributed by atoms with van der Waals surface area (Å²) in [5.74, 6) is 0. The second kappa shape index (κ2) is 5.80. The minimum Gasteiger partial charge on any atom is -0.369 e. The van der Waals surface area contributed by atoms with Crippen LogP contribution < -0.4 is 5.73 Å². The van der Waals surface area contributed by atoms with E-state index in [1.165, 1.54) is 12.0 Å². The van der Waals surface area contributed by atoms with Gasteiger partial charge in [-0.1, -0.05) is 0 Å². The Morgan fingerprint density at radius 3 is 2.33 bits per heavy atom. The van der Waals surface area contributed by atoms with Crippen molar-refractivity contribution in [2.45, 2.75) is 32.5 Å². The van der Waals surface area contributed by atoms with Gasteiger partial charge >= 0.3 is 0 Å². The molecule has 0 saturated heterocycles. The van der Waals surface area contributed by atoms with E-state index in [1.54, 1.807) is 0 Å². The molecular weight excluding hydrogens is 174 g/mol. The largest absolute Gasteiger partial charge is 0.369 e. The normalized spacial score (nSPS) is 14.8. The molecule has 0 fully saturated rings. The first-order valence-electron chi connectivity index (χ1n) is 4.03. The van der Waals surface area contributed by atoms with E-state index in [1.807, 2.05) is 27.0 Å². The molecule has 0 heterocycles. The Balaban J connectivity index is 3.67. The van der Waals surface area contributed by atoms with E-state index in [0.29, 0.717) is 13.2 Å². The van der Waals surface area contributed by atoms with Crippen LogP contribution in [0.5, 0.6) is 0 Å². The van der Waals surface area contributed by atoms with Gasteiger partial charge in [-0.3, -0.25) is 0 Å². The first kappa shape index (κ1) is 12.2. The van der Waals surface area contributed by atoms with Crippen LogP contribution in [0.4, 0.5) is 0 Å². The van der Waals surface area contributed by atoms with Crippen LogP contribution in [0.25, 0.3) is 0 Å². The second-order valence-electron chi connectivity index (χ2n) is 3.54. The van der Waals surface area contributed by atoms with E-state index in [4.69, 9.17) is 14.7 Å². The molecule has 3 nitrogen and oxygen atoms in total. The van der Waals surface area contributed by atoms with Crippen molar-refractivity contribution in [3.63, 3.8) is 0 Å². The van der Waals surface area contributed by atoms with E-state index in [9.17, 15) is 0 Å². The van der Waals surface area contributed by atoms with Crippen LogP contribution in [0.1, 0.15) is 20.8 Å². The lowest BCUT2D eigenvalue weighted by Crippen LogP contribution is -2.35. The first-order valence-corrected chi connectivity index (χ1v) is 5.18. The van der Waals surface area contributed by atoms with Crippen LogP contribution >= 0.6 is 12.0 Å². The molecule has 0 aromatic rings. The molecule has 2 N–H and O–H groups in total. The fourth-order valence-corrected chi connectivity index (χ4v) is 1.08. The van der Waals surface area contributed by atoms with Gasteiger partial charge < -0.3 is 14.7 Å². The molecular formula is C8H19NO2S. The lowest BCUT2D eigenvalue weighted by molar-refractivity contribution is -0.0689. The van der Waals surface area contributed by atoms with Gasteiger partial charge in [0.2, 0.25) is 0 Å². The Morgan fingerprint density at radius 2 is 2.00 bits per heavy atom. The van der Waals surface area contributed by atoms with Gasteiger partial charge in [-0.2, -0.15) is 0 Å². The maximum atomic E-state index is 5.63. The Bertz CT molecular complexity index is 114. The van der Waals surface area contributed by atoms with Crippen LogP contribution in [0.3, 0.4) is 0 Å². The molecule has 0 bridgehead atoms. The molecule has 0 spiro atoms. The first-order chi connectivity index (χ1) is 5.49. The molecule has 0 aromatic heterocycles. The summed E-state index contributed by atoms with van der Waals surface area (Å²) >= 11 is 1.34. The molecule has 4 heteroatoms. The molecule has 1 atom stereocenters. The van der Waals surface area contributed by atoms with Crippen LogP contribution in [0.15, 0.2) is 0 Å². The summed E-state index contributed by atoms with van der Waals surface area (Å²) < 4.78 is 10.8. The Hall–Kier alpha value is 0.230. The maximum Gasteiger partial charge on any atom is 0.0950 e.